The van der Waals surface area contributed by atoms with Crippen LogP contribution in [-0.4, -0.2) is 25.3 Å². The molecule has 2 aromatic carbocycles. The number of amides is 1. The third-order valence-corrected chi connectivity index (χ3v) is 3.86. The van der Waals surface area contributed by atoms with E-state index in [4.69, 9.17) is 0 Å². The summed E-state index contributed by atoms with van der Waals surface area (Å²) in [4.78, 5) is 31.1. The molecule has 0 aliphatic rings. The predicted molar refractivity (Wildman–Crippen MR) is 102 cm³/mol. The zero-order chi connectivity index (χ0) is 19.2. The Labute approximate surface area is 153 Å². The van der Waals surface area contributed by atoms with E-state index in [-0.39, 0.29) is 17.8 Å². The van der Waals surface area contributed by atoms with Gasteiger partial charge in [-0.1, -0.05) is 45.0 Å². The zero-order valence-electron chi connectivity index (χ0n) is 15.4. The molecule has 6 heteroatoms. The first kappa shape index (κ1) is 19.2. The molecule has 2 rings (SSSR count). The number of benzene rings is 2. The molecule has 6 nitrogen and oxygen atoms in total. The molecule has 0 spiro atoms. The van der Waals surface area contributed by atoms with Crippen LogP contribution < -0.4 is 10.8 Å². The molecule has 0 fully saturated rings. The van der Waals surface area contributed by atoms with E-state index in [1.165, 1.54) is 5.56 Å². The molecular weight excluding hydrogens is 330 g/mol. The van der Waals surface area contributed by atoms with Gasteiger partial charge in [0.2, 0.25) is 0 Å². The number of carbonyl (C=O) groups is 2. The highest BCUT2D eigenvalue weighted by Crippen LogP contribution is 2.23. The summed E-state index contributed by atoms with van der Waals surface area (Å²) in [6.45, 7) is 6.71. The van der Waals surface area contributed by atoms with Crippen molar-refractivity contribution in [2.24, 2.45) is 4.99 Å². The topological polar surface area (TPSA) is 79.8 Å². The van der Waals surface area contributed by atoms with Crippen molar-refractivity contribution in [2.45, 2.75) is 26.2 Å². The van der Waals surface area contributed by atoms with Crippen molar-refractivity contribution >= 4 is 23.9 Å². The maximum Gasteiger partial charge on any atom is 0.320 e. The van der Waals surface area contributed by atoms with Gasteiger partial charge in [-0.2, -0.15) is 0 Å². The summed E-state index contributed by atoms with van der Waals surface area (Å²) in [5.41, 5.74) is 5.64. The standard InChI is InChI=1S/C20H23N3O3/c1-20(2,3)16-9-11-17(12-10-16)22-19(25)15-7-5-14(6-8-15)18(21-4)23-26-13-24/h5-13H,1-4H3,(H,21,23)(H,22,25). The second kappa shape index (κ2) is 8.29. The summed E-state index contributed by atoms with van der Waals surface area (Å²) >= 11 is 0. The molecule has 0 unspecified atom stereocenters. The number of nitrogens with one attached hydrogen (secondary N) is 2. The van der Waals surface area contributed by atoms with Crippen LogP contribution in [0.25, 0.3) is 0 Å². The lowest BCUT2D eigenvalue weighted by Gasteiger charge is -2.19. The fourth-order valence-electron chi connectivity index (χ4n) is 2.35. The van der Waals surface area contributed by atoms with Crippen LogP contribution in [-0.2, 0) is 15.0 Å². The maximum atomic E-state index is 12.4. The van der Waals surface area contributed by atoms with Crippen LogP contribution in [0.2, 0.25) is 0 Å². The van der Waals surface area contributed by atoms with E-state index < -0.39 is 0 Å². The van der Waals surface area contributed by atoms with Gasteiger partial charge >= 0.3 is 6.47 Å². The highest BCUT2D eigenvalue weighted by Gasteiger charge is 2.13. The SMILES string of the molecule is CN=C(NOC=O)c1ccc(C(=O)Nc2ccc(C(C)(C)C)cc2)cc1. The van der Waals surface area contributed by atoms with E-state index in [1.807, 2.05) is 24.3 Å². The highest BCUT2D eigenvalue weighted by atomic mass is 16.7. The summed E-state index contributed by atoms with van der Waals surface area (Å²) in [6, 6.07) is 14.6. The molecule has 0 aliphatic heterocycles. The number of amidine groups is 1. The number of hydroxylamine groups is 1. The van der Waals surface area contributed by atoms with Gasteiger partial charge in [0.1, 0.15) is 0 Å². The Bertz CT molecular complexity index is 789. The van der Waals surface area contributed by atoms with Gasteiger partial charge in [0.25, 0.3) is 5.91 Å². The predicted octanol–water partition coefficient (Wildman–Crippen LogP) is 3.29. The number of rotatable bonds is 5. The van der Waals surface area contributed by atoms with Gasteiger partial charge in [0.05, 0.1) is 0 Å². The van der Waals surface area contributed by atoms with Gasteiger partial charge in [-0.3, -0.25) is 14.6 Å². The van der Waals surface area contributed by atoms with Gasteiger partial charge in [0, 0.05) is 23.9 Å². The molecule has 0 saturated heterocycles. The molecule has 0 atom stereocenters. The maximum absolute atomic E-state index is 12.4. The first-order valence-electron chi connectivity index (χ1n) is 8.19. The normalized spacial score (nSPS) is 11.6. The van der Waals surface area contributed by atoms with E-state index in [9.17, 15) is 9.59 Å². The van der Waals surface area contributed by atoms with Gasteiger partial charge in [-0.15, -0.1) is 0 Å². The second-order valence-corrected chi connectivity index (χ2v) is 6.75. The van der Waals surface area contributed by atoms with Crippen LogP contribution in [0.4, 0.5) is 5.69 Å². The van der Waals surface area contributed by atoms with Crippen LogP contribution in [0, 0.1) is 0 Å². The van der Waals surface area contributed by atoms with E-state index in [0.29, 0.717) is 17.0 Å². The van der Waals surface area contributed by atoms with Crippen molar-refractivity contribution in [2.75, 3.05) is 12.4 Å². The number of aliphatic imine (C=N–C) groups is 1. The molecule has 2 aromatic rings. The Morgan fingerprint density at radius 2 is 1.58 bits per heavy atom. The summed E-state index contributed by atoms with van der Waals surface area (Å²) < 4.78 is 0. The van der Waals surface area contributed by atoms with Crippen LogP contribution in [0.1, 0.15) is 42.3 Å². The number of hydrogen-bond donors (Lipinski definition) is 2. The minimum absolute atomic E-state index is 0.0680. The molecule has 1 amide bonds. The molecule has 2 N–H and O–H groups in total. The number of carbonyl (C=O) groups excluding carboxylic acids is 2. The molecule has 0 heterocycles. The average molecular weight is 353 g/mol. The molecular formula is C20H23N3O3. The van der Waals surface area contributed by atoms with Gasteiger partial charge < -0.3 is 10.2 Å². The van der Waals surface area contributed by atoms with Crippen molar-refractivity contribution in [3.63, 3.8) is 0 Å². The Morgan fingerprint density at radius 3 is 2.08 bits per heavy atom. The van der Waals surface area contributed by atoms with E-state index in [2.05, 4.69) is 41.4 Å². The molecule has 0 bridgehead atoms. The number of anilines is 1. The Kier molecular flexibility index (Phi) is 6.11. The lowest BCUT2D eigenvalue weighted by Crippen LogP contribution is -2.24. The average Bonchev–Trinajstić information content (AvgIpc) is 2.62. The Hall–Kier alpha value is -3.15. The molecule has 136 valence electrons. The molecule has 0 aliphatic carbocycles. The lowest BCUT2D eigenvalue weighted by atomic mass is 9.87. The second-order valence-electron chi connectivity index (χ2n) is 6.75. The van der Waals surface area contributed by atoms with E-state index >= 15 is 0 Å². The molecule has 26 heavy (non-hydrogen) atoms. The lowest BCUT2D eigenvalue weighted by molar-refractivity contribution is -0.132. The summed E-state index contributed by atoms with van der Waals surface area (Å²) in [6.07, 6.45) is 0. The fourth-order valence-corrected chi connectivity index (χ4v) is 2.35. The first-order valence-corrected chi connectivity index (χ1v) is 8.19. The smallest absolute Gasteiger partial charge is 0.320 e. The van der Waals surface area contributed by atoms with Crippen LogP contribution in [0.15, 0.2) is 53.5 Å². The van der Waals surface area contributed by atoms with Gasteiger partial charge in [-0.05, 0) is 35.2 Å². The van der Waals surface area contributed by atoms with Crippen molar-refractivity contribution in [3.8, 4) is 0 Å². The summed E-state index contributed by atoms with van der Waals surface area (Å²) in [5, 5.41) is 2.88. The number of hydrogen-bond acceptors (Lipinski definition) is 4. The minimum atomic E-state index is -0.202. The largest absolute Gasteiger partial charge is 0.345 e. The molecule has 0 radical (unpaired) electrons. The van der Waals surface area contributed by atoms with Crippen molar-refractivity contribution in [1.82, 2.24) is 5.48 Å². The van der Waals surface area contributed by atoms with Crippen molar-refractivity contribution in [3.05, 3.63) is 65.2 Å². The van der Waals surface area contributed by atoms with Crippen LogP contribution >= 0.6 is 0 Å². The Morgan fingerprint density at radius 1 is 1.00 bits per heavy atom. The quantitative estimate of drug-likeness (QED) is 0.374. The molecule has 0 saturated carbocycles. The Balaban J connectivity index is 2.07. The third-order valence-electron chi connectivity index (χ3n) is 3.86. The first-order chi connectivity index (χ1) is 12.3. The summed E-state index contributed by atoms with van der Waals surface area (Å²) in [5.74, 6) is 0.189. The van der Waals surface area contributed by atoms with Crippen LogP contribution in [0.3, 0.4) is 0 Å². The highest BCUT2D eigenvalue weighted by molar-refractivity contribution is 6.05. The van der Waals surface area contributed by atoms with E-state index in [0.717, 1.165) is 5.69 Å². The van der Waals surface area contributed by atoms with Crippen molar-refractivity contribution < 1.29 is 14.4 Å². The zero-order valence-corrected chi connectivity index (χ0v) is 15.4. The third kappa shape index (κ3) is 4.92. The minimum Gasteiger partial charge on any atom is -0.345 e. The number of nitrogens with zero attached hydrogens (tertiary/aromatic N) is 1. The van der Waals surface area contributed by atoms with Crippen molar-refractivity contribution in [1.29, 1.82) is 0 Å². The van der Waals surface area contributed by atoms with Gasteiger partial charge in [-0.25, -0.2) is 5.48 Å². The fraction of sp³-hybridized carbons (Fsp3) is 0.250. The summed E-state index contributed by atoms with van der Waals surface area (Å²) in [7, 11) is 1.57. The van der Waals surface area contributed by atoms with E-state index in [1.54, 1.807) is 31.3 Å². The van der Waals surface area contributed by atoms with Crippen LogP contribution in [0.5, 0.6) is 0 Å². The van der Waals surface area contributed by atoms with Gasteiger partial charge in [0.15, 0.2) is 5.84 Å². The monoisotopic (exact) mass is 353 g/mol. The molecule has 0 aromatic heterocycles.